The second-order valence-corrected chi connectivity index (χ2v) is 8.65. The first-order chi connectivity index (χ1) is 17.4. The average molecular weight is 490 g/mol. The maximum absolute atomic E-state index is 13.4. The van der Waals surface area contributed by atoms with E-state index < -0.39 is 5.91 Å². The van der Waals surface area contributed by atoms with Gasteiger partial charge in [0, 0.05) is 19.3 Å². The van der Waals surface area contributed by atoms with Crippen LogP contribution in [0.3, 0.4) is 0 Å². The number of hydrogen-bond acceptors (Lipinski definition) is 6. The predicted molar refractivity (Wildman–Crippen MR) is 138 cm³/mol. The van der Waals surface area contributed by atoms with Crippen LogP contribution in [0.4, 0.5) is 0 Å². The third-order valence-corrected chi connectivity index (χ3v) is 6.26. The van der Waals surface area contributed by atoms with E-state index in [1.807, 2.05) is 31.2 Å². The van der Waals surface area contributed by atoms with E-state index in [9.17, 15) is 9.59 Å². The van der Waals surface area contributed by atoms with Gasteiger partial charge < -0.3 is 19.4 Å². The Morgan fingerprint density at radius 2 is 1.89 bits per heavy atom. The third kappa shape index (κ3) is 4.68. The zero-order valence-electron chi connectivity index (χ0n) is 21.1. The van der Waals surface area contributed by atoms with Crippen molar-refractivity contribution >= 4 is 22.6 Å². The maximum atomic E-state index is 13.4. The molecule has 3 aromatic heterocycles. The van der Waals surface area contributed by atoms with Crippen molar-refractivity contribution in [2.75, 3.05) is 20.8 Å². The van der Waals surface area contributed by atoms with Gasteiger partial charge in [-0.3, -0.25) is 19.4 Å². The van der Waals surface area contributed by atoms with Gasteiger partial charge in [-0.15, -0.1) is 0 Å². The Kier molecular flexibility index (Phi) is 7.38. The van der Waals surface area contributed by atoms with Crippen molar-refractivity contribution in [3.05, 3.63) is 75.1 Å². The molecule has 0 aliphatic rings. The number of pyridine rings is 2. The third-order valence-electron chi connectivity index (χ3n) is 6.26. The van der Waals surface area contributed by atoms with Gasteiger partial charge in [0.05, 0.1) is 25.2 Å². The van der Waals surface area contributed by atoms with Crippen molar-refractivity contribution in [3.63, 3.8) is 0 Å². The number of fused-ring (bicyclic) bond motifs is 2. The number of methoxy groups -OCH3 is 2. The molecule has 188 valence electrons. The van der Waals surface area contributed by atoms with E-state index in [4.69, 9.17) is 19.9 Å². The number of amides is 1. The van der Waals surface area contributed by atoms with E-state index in [-0.39, 0.29) is 16.6 Å². The first-order valence-electron chi connectivity index (χ1n) is 12.0. The zero-order chi connectivity index (χ0) is 25.8. The van der Waals surface area contributed by atoms with Crippen LogP contribution in [0.5, 0.6) is 11.5 Å². The number of nitrogens with one attached hydrogen (secondary N) is 2. The monoisotopic (exact) mass is 489 g/mol. The Balaban J connectivity index is 1.69. The lowest BCUT2D eigenvalue weighted by Crippen LogP contribution is -2.35. The number of aryl methyl sites for hydroxylation is 2. The zero-order valence-corrected chi connectivity index (χ0v) is 21.1. The van der Waals surface area contributed by atoms with Gasteiger partial charge in [-0.2, -0.15) is 0 Å². The number of aromatic nitrogens is 3. The lowest BCUT2D eigenvalue weighted by Gasteiger charge is -2.15. The Bertz CT molecular complexity index is 1550. The fourth-order valence-corrected chi connectivity index (χ4v) is 4.26. The summed E-state index contributed by atoms with van der Waals surface area (Å²) < 4.78 is 13.8. The number of benzene rings is 1. The van der Waals surface area contributed by atoms with Crippen molar-refractivity contribution in [2.24, 2.45) is 0 Å². The van der Waals surface area contributed by atoms with Crippen LogP contribution in [-0.4, -0.2) is 40.6 Å². The molecule has 9 nitrogen and oxygen atoms in total. The second kappa shape index (κ2) is 10.6. The summed E-state index contributed by atoms with van der Waals surface area (Å²) in [6.45, 7) is 4.80. The van der Waals surface area contributed by atoms with E-state index in [0.717, 1.165) is 24.0 Å². The largest absolute Gasteiger partial charge is 0.493 e. The van der Waals surface area contributed by atoms with Crippen molar-refractivity contribution in [1.29, 1.82) is 5.41 Å². The van der Waals surface area contributed by atoms with E-state index in [0.29, 0.717) is 47.7 Å². The van der Waals surface area contributed by atoms with Gasteiger partial charge in [0.2, 0.25) is 0 Å². The molecule has 36 heavy (non-hydrogen) atoms. The van der Waals surface area contributed by atoms with Crippen molar-refractivity contribution in [1.82, 2.24) is 19.3 Å². The minimum absolute atomic E-state index is 0.0457. The molecular weight excluding hydrogens is 458 g/mol. The van der Waals surface area contributed by atoms with Crippen molar-refractivity contribution < 1.29 is 14.3 Å². The van der Waals surface area contributed by atoms with Crippen molar-refractivity contribution in [3.8, 4) is 11.5 Å². The highest BCUT2D eigenvalue weighted by Gasteiger charge is 2.18. The molecule has 0 bridgehead atoms. The molecule has 2 N–H and O–H groups in total. The number of hydrogen-bond donors (Lipinski definition) is 2. The van der Waals surface area contributed by atoms with Crippen LogP contribution < -0.4 is 25.8 Å². The Morgan fingerprint density at radius 3 is 2.61 bits per heavy atom. The average Bonchev–Trinajstić information content (AvgIpc) is 2.88. The molecule has 1 amide bonds. The molecule has 4 aromatic rings. The lowest BCUT2D eigenvalue weighted by molar-refractivity contribution is 0.0951. The van der Waals surface area contributed by atoms with Gasteiger partial charge in [0.15, 0.2) is 11.5 Å². The van der Waals surface area contributed by atoms with E-state index >= 15 is 0 Å². The summed E-state index contributed by atoms with van der Waals surface area (Å²) in [4.78, 5) is 31.3. The molecule has 0 fully saturated rings. The molecule has 0 radical (unpaired) electrons. The molecule has 0 saturated heterocycles. The molecule has 1 aromatic carbocycles. The molecule has 4 rings (SSSR count). The van der Waals surface area contributed by atoms with E-state index in [2.05, 4.69) is 12.2 Å². The first-order valence-corrected chi connectivity index (χ1v) is 12.0. The van der Waals surface area contributed by atoms with Crippen LogP contribution in [0.15, 0.2) is 47.4 Å². The summed E-state index contributed by atoms with van der Waals surface area (Å²) in [5.74, 6) is 0.859. The molecule has 9 heteroatoms. The van der Waals surface area contributed by atoms with Crippen LogP contribution >= 0.6 is 0 Å². The smallest absolute Gasteiger partial charge is 0.267 e. The molecule has 0 unspecified atom stereocenters. The van der Waals surface area contributed by atoms with Gasteiger partial charge in [0.25, 0.3) is 11.5 Å². The number of carbonyl (C=O) groups excluding carboxylic acids is 1. The van der Waals surface area contributed by atoms with Crippen LogP contribution in [0.2, 0.25) is 0 Å². The van der Waals surface area contributed by atoms with Gasteiger partial charge in [0.1, 0.15) is 16.8 Å². The highest BCUT2D eigenvalue weighted by atomic mass is 16.5. The van der Waals surface area contributed by atoms with Gasteiger partial charge in [-0.25, -0.2) is 4.98 Å². The molecular formula is C27H31N5O4. The molecule has 0 spiro atoms. The van der Waals surface area contributed by atoms with E-state index in [1.165, 1.54) is 10.5 Å². The van der Waals surface area contributed by atoms with Gasteiger partial charge in [-0.1, -0.05) is 25.5 Å². The quantitative estimate of drug-likeness (QED) is 0.351. The summed E-state index contributed by atoms with van der Waals surface area (Å²) in [7, 11) is 3.16. The Hall–Kier alpha value is -4.14. The highest BCUT2D eigenvalue weighted by Crippen LogP contribution is 2.27. The highest BCUT2D eigenvalue weighted by molar-refractivity contribution is 5.96. The van der Waals surface area contributed by atoms with Crippen LogP contribution in [0.25, 0.3) is 16.7 Å². The molecule has 0 atom stereocenters. The molecule has 0 aliphatic carbocycles. The molecule has 3 heterocycles. The summed E-state index contributed by atoms with van der Waals surface area (Å²) in [6.07, 6.45) is 3.94. The minimum atomic E-state index is -0.402. The van der Waals surface area contributed by atoms with Gasteiger partial charge >= 0.3 is 0 Å². The predicted octanol–water partition coefficient (Wildman–Crippen LogP) is 3.23. The normalized spacial score (nSPS) is 11.1. The number of ether oxygens (including phenoxy) is 2. The number of carbonyl (C=O) groups is 1. The number of unbranched alkanes of at least 4 members (excludes halogenated alkanes) is 1. The van der Waals surface area contributed by atoms with Gasteiger partial charge in [-0.05, 0) is 55.2 Å². The fraction of sp³-hybridized carbons (Fsp3) is 0.333. The number of rotatable bonds is 9. The fourth-order valence-electron chi connectivity index (χ4n) is 4.26. The summed E-state index contributed by atoms with van der Waals surface area (Å²) in [6, 6.07) is 10.8. The summed E-state index contributed by atoms with van der Waals surface area (Å²) in [5.41, 5.74) is 2.74. The Morgan fingerprint density at radius 1 is 1.11 bits per heavy atom. The maximum Gasteiger partial charge on any atom is 0.267 e. The standard InChI is InChI=1S/C27H31N5O4/c1-5-6-13-31-23(28)19(16-20-25(31)30-24-17(2)8-7-14-32(24)27(20)34)26(33)29-12-11-18-9-10-21(35-3)22(15-18)36-4/h7-10,14-16,28H,5-6,11-13H2,1-4H3,(H,29,33). The van der Waals surface area contributed by atoms with Crippen molar-refractivity contribution in [2.45, 2.75) is 39.7 Å². The number of nitrogens with zero attached hydrogens (tertiary/aromatic N) is 3. The van der Waals surface area contributed by atoms with E-state index in [1.54, 1.807) is 31.0 Å². The molecule has 0 saturated carbocycles. The summed E-state index contributed by atoms with van der Waals surface area (Å²) in [5, 5.41) is 12.0. The SMILES string of the molecule is CCCCn1c(=N)c(C(=O)NCCc2ccc(OC)c(OC)c2)cc2c(=O)n3cccc(C)c3nc21. The van der Waals surface area contributed by atoms with Crippen LogP contribution in [0, 0.1) is 12.3 Å². The first kappa shape index (κ1) is 25.0. The Labute approximate surface area is 208 Å². The topological polar surface area (TPSA) is 111 Å². The summed E-state index contributed by atoms with van der Waals surface area (Å²) >= 11 is 0. The second-order valence-electron chi connectivity index (χ2n) is 8.65. The lowest BCUT2D eigenvalue weighted by atomic mass is 10.1. The van der Waals surface area contributed by atoms with Crippen LogP contribution in [-0.2, 0) is 13.0 Å². The minimum Gasteiger partial charge on any atom is -0.493 e. The molecule has 0 aliphatic heterocycles. The van der Waals surface area contributed by atoms with Crippen LogP contribution in [0.1, 0.15) is 41.3 Å².